The molecule has 0 aromatic carbocycles. The van der Waals surface area contributed by atoms with Crippen LogP contribution in [0.1, 0.15) is 41.0 Å². The molecule has 1 unspecified atom stereocenters. The van der Waals surface area contributed by atoms with Crippen molar-refractivity contribution in [3.63, 3.8) is 0 Å². The normalized spacial score (nSPS) is 13.4. The third-order valence-corrected chi connectivity index (χ3v) is 4.52. The Kier molecular flexibility index (Phi) is 8.09. The fourth-order valence-electron chi connectivity index (χ4n) is 1.22. The smallest absolute Gasteiger partial charge is 0.462 e. The van der Waals surface area contributed by atoms with Crippen molar-refractivity contribution in [1.82, 2.24) is 0 Å². The largest absolute Gasteiger partial charge is 0.478 e. The molecule has 0 rings (SSSR count). The molecule has 0 amide bonds. The van der Waals surface area contributed by atoms with Crippen LogP contribution in [0.2, 0.25) is 10.6 Å². The second-order valence-corrected chi connectivity index (χ2v) is 6.75. The van der Waals surface area contributed by atoms with Gasteiger partial charge in [0.15, 0.2) is 0 Å². The van der Waals surface area contributed by atoms with Gasteiger partial charge in [-0.25, -0.2) is 0 Å². The Morgan fingerprint density at radius 1 is 1.08 bits per heavy atom. The summed E-state index contributed by atoms with van der Waals surface area (Å²) in [5, 5.41) is 2.41. The van der Waals surface area contributed by atoms with Crippen molar-refractivity contribution in [2.24, 2.45) is 0 Å². The molecule has 3 heteroatoms. The lowest BCUT2D eigenvalue weighted by atomic mass is 10.4. The van der Waals surface area contributed by atoms with Gasteiger partial charge in [-0.1, -0.05) is 31.3 Å². The Morgan fingerprint density at radius 3 is 1.92 bits per heavy atom. The molecule has 0 aliphatic heterocycles. The lowest BCUT2D eigenvalue weighted by Crippen LogP contribution is -2.28. The van der Waals surface area contributed by atoms with E-state index in [1.807, 2.05) is 0 Å². The predicted octanol–water partition coefficient (Wildman–Crippen LogP) is 3.20. The van der Waals surface area contributed by atoms with Gasteiger partial charge in [0.2, 0.25) is 0 Å². The van der Waals surface area contributed by atoms with Crippen molar-refractivity contribution in [2.45, 2.75) is 64.0 Å². The number of hydrogen-bond acceptors (Lipinski definition) is 2. The maximum absolute atomic E-state index is 5.93. The van der Waals surface area contributed by atoms with E-state index in [1.165, 1.54) is 10.6 Å². The first-order chi connectivity index (χ1) is 6.13. The van der Waals surface area contributed by atoms with E-state index in [2.05, 4.69) is 34.6 Å². The van der Waals surface area contributed by atoms with E-state index in [9.17, 15) is 0 Å². The summed E-state index contributed by atoms with van der Waals surface area (Å²) in [4.78, 5) is 0. The Balaban J connectivity index is 3.80. The highest BCUT2D eigenvalue weighted by Crippen LogP contribution is 2.10. The van der Waals surface area contributed by atoms with Crippen molar-refractivity contribution in [3.8, 4) is 0 Å². The zero-order valence-corrected chi connectivity index (χ0v) is 10.8. The second kappa shape index (κ2) is 7.82. The SMILES string of the molecule is CCC(OC(C)C)[O][Al]([CH2]C)[CH2]C. The molecule has 0 aromatic rings. The molecule has 2 nitrogen and oxygen atoms in total. The first kappa shape index (κ1) is 13.5. The number of rotatable bonds is 7. The third-order valence-electron chi connectivity index (χ3n) is 2.01. The monoisotopic (exact) mass is 202 g/mol. The van der Waals surface area contributed by atoms with Crippen LogP contribution < -0.4 is 0 Å². The minimum absolute atomic E-state index is 0.0385. The van der Waals surface area contributed by atoms with Crippen LogP contribution >= 0.6 is 0 Å². The molecular formula is C10H23AlO2. The van der Waals surface area contributed by atoms with Crippen molar-refractivity contribution in [2.75, 3.05) is 0 Å². The fraction of sp³-hybridized carbons (Fsp3) is 1.00. The molecule has 0 heterocycles. The maximum Gasteiger partial charge on any atom is 0.462 e. The third kappa shape index (κ3) is 6.51. The zero-order chi connectivity index (χ0) is 10.3. The van der Waals surface area contributed by atoms with E-state index in [0.29, 0.717) is 0 Å². The lowest BCUT2D eigenvalue weighted by molar-refractivity contribution is -0.111. The molecule has 0 aromatic heterocycles. The molecule has 0 aliphatic rings. The van der Waals surface area contributed by atoms with Crippen LogP contribution in [0.4, 0.5) is 0 Å². The summed E-state index contributed by atoms with van der Waals surface area (Å²) in [6.45, 7) is 10.6. The highest BCUT2D eigenvalue weighted by atomic mass is 27.2. The topological polar surface area (TPSA) is 18.5 Å². The standard InChI is InChI=1S/C6H13O2.2C2H5.Al/c1-4-6(7)8-5(2)3;2*1-2;/h5-6H,4H2,1-3H3;2*1H2,2H3;/q-1;;;+1. The molecule has 0 bridgehead atoms. The van der Waals surface area contributed by atoms with Gasteiger partial charge in [0.1, 0.15) is 6.29 Å². The molecule has 0 spiro atoms. The molecule has 0 saturated heterocycles. The molecule has 0 saturated carbocycles. The second-order valence-electron chi connectivity index (χ2n) is 3.60. The van der Waals surface area contributed by atoms with Gasteiger partial charge in [-0.2, -0.15) is 0 Å². The molecule has 0 radical (unpaired) electrons. The van der Waals surface area contributed by atoms with Gasteiger partial charge in [0, 0.05) is 0 Å². The first-order valence-corrected chi connectivity index (χ1v) is 7.55. The molecule has 0 aliphatic carbocycles. The summed E-state index contributed by atoms with van der Waals surface area (Å²) >= 11 is -0.952. The van der Waals surface area contributed by atoms with Gasteiger partial charge in [-0.15, -0.1) is 0 Å². The quantitative estimate of drug-likeness (QED) is 0.466. The first-order valence-electron chi connectivity index (χ1n) is 5.44. The van der Waals surface area contributed by atoms with E-state index >= 15 is 0 Å². The van der Waals surface area contributed by atoms with Crippen LogP contribution in [0.3, 0.4) is 0 Å². The van der Waals surface area contributed by atoms with Gasteiger partial charge in [-0.3, -0.25) is 0 Å². The molecule has 1 atom stereocenters. The van der Waals surface area contributed by atoms with Crippen LogP contribution in [0.25, 0.3) is 0 Å². The minimum Gasteiger partial charge on any atom is -0.478 e. The molecule has 13 heavy (non-hydrogen) atoms. The van der Waals surface area contributed by atoms with Gasteiger partial charge < -0.3 is 8.53 Å². The summed E-state index contributed by atoms with van der Waals surface area (Å²) in [6.07, 6.45) is 1.27. The number of ether oxygens (including phenoxy) is 1. The number of hydrogen-bond donors (Lipinski definition) is 0. The summed E-state index contributed by atoms with van der Waals surface area (Å²) in [7, 11) is 0. The Bertz CT molecular complexity index is 113. The average Bonchev–Trinajstić information content (AvgIpc) is 2.11. The van der Waals surface area contributed by atoms with Crippen LogP contribution in [-0.2, 0) is 8.53 Å². The van der Waals surface area contributed by atoms with E-state index in [1.54, 1.807) is 0 Å². The van der Waals surface area contributed by atoms with Crippen molar-refractivity contribution in [3.05, 3.63) is 0 Å². The van der Waals surface area contributed by atoms with Crippen LogP contribution in [-0.4, -0.2) is 26.9 Å². The molecule has 0 N–H and O–H groups in total. The molecule has 78 valence electrons. The fourth-order valence-corrected chi connectivity index (χ4v) is 2.87. The van der Waals surface area contributed by atoms with Crippen LogP contribution in [0.15, 0.2) is 0 Å². The van der Waals surface area contributed by atoms with Crippen molar-refractivity contribution < 1.29 is 8.53 Å². The van der Waals surface area contributed by atoms with E-state index < -0.39 is 14.5 Å². The Hall–Kier alpha value is 0.452. The lowest BCUT2D eigenvalue weighted by Gasteiger charge is -2.23. The molecule has 0 fully saturated rings. The highest BCUT2D eigenvalue weighted by molar-refractivity contribution is 6.51. The Labute approximate surface area is 87.3 Å². The van der Waals surface area contributed by atoms with E-state index in [4.69, 9.17) is 8.53 Å². The van der Waals surface area contributed by atoms with Crippen molar-refractivity contribution in [1.29, 1.82) is 0 Å². The van der Waals surface area contributed by atoms with E-state index in [0.717, 1.165) is 6.42 Å². The average molecular weight is 202 g/mol. The minimum atomic E-state index is -0.952. The van der Waals surface area contributed by atoms with Crippen LogP contribution in [0, 0.1) is 0 Å². The Morgan fingerprint density at radius 2 is 1.62 bits per heavy atom. The summed E-state index contributed by atoms with van der Waals surface area (Å²) in [5.74, 6) is 0. The van der Waals surface area contributed by atoms with Crippen molar-refractivity contribution >= 4 is 14.5 Å². The molecular weight excluding hydrogens is 179 g/mol. The van der Waals surface area contributed by atoms with Crippen LogP contribution in [0.5, 0.6) is 0 Å². The predicted molar refractivity (Wildman–Crippen MR) is 58.1 cm³/mol. The van der Waals surface area contributed by atoms with E-state index in [-0.39, 0.29) is 12.4 Å². The van der Waals surface area contributed by atoms with Gasteiger partial charge in [0.05, 0.1) is 6.10 Å². The van der Waals surface area contributed by atoms with Gasteiger partial charge in [-0.05, 0) is 20.3 Å². The summed E-state index contributed by atoms with van der Waals surface area (Å²) < 4.78 is 11.6. The van der Waals surface area contributed by atoms with Gasteiger partial charge >= 0.3 is 14.5 Å². The summed E-state index contributed by atoms with van der Waals surface area (Å²) in [6, 6.07) is 0. The highest BCUT2D eigenvalue weighted by Gasteiger charge is 2.20. The summed E-state index contributed by atoms with van der Waals surface area (Å²) in [5.41, 5.74) is 0. The zero-order valence-electron chi connectivity index (χ0n) is 9.67. The maximum atomic E-state index is 5.93. The van der Waals surface area contributed by atoms with Gasteiger partial charge in [0.25, 0.3) is 0 Å².